The van der Waals surface area contributed by atoms with Crippen LogP contribution in [0.25, 0.3) is 17.0 Å². The van der Waals surface area contributed by atoms with Crippen LogP contribution in [0.2, 0.25) is 0 Å². The molecule has 0 bridgehead atoms. The second-order valence-corrected chi connectivity index (χ2v) is 5.16. The van der Waals surface area contributed by atoms with E-state index in [0.29, 0.717) is 12.4 Å². The van der Waals surface area contributed by atoms with Gasteiger partial charge in [-0.25, -0.2) is 4.98 Å². The summed E-state index contributed by atoms with van der Waals surface area (Å²) in [5, 5.41) is 12.6. The molecule has 0 N–H and O–H groups in total. The smallest absolute Gasteiger partial charge is 0.204 e. The molecule has 0 aliphatic heterocycles. The molecule has 0 aliphatic rings. The molecule has 4 rings (SSSR count). The van der Waals surface area contributed by atoms with Gasteiger partial charge < -0.3 is 4.40 Å². The van der Waals surface area contributed by atoms with E-state index in [2.05, 4.69) is 20.4 Å². The first-order chi connectivity index (χ1) is 10.8. The monoisotopic (exact) mass is 290 g/mol. The van der Waals surface area contributed by atoms with Crippen LogP contribution in [0.3, 0.4) is 0 Å². The SMILES string of the molecule is Cc1cccn2cc(Cn3nnc(-c4ccccc4)n3)nc12. The zero-order chi connectivity index (χ0) is 14.9. The fourth-order valence-electron chi connectivity index (χ4n) is 2.44. The fraction of sp³-hybridized carbons (Fsp3) is 0.125. The number of aryl methyl sites for hydroxylation is 1. The van der Waals surface area contributed by atoms with E-state index in [0.717, 1.165) is 22.5 Å². The molecule has 0 saturated carbocycles. The maximum Gasteiger partial charge on any atom is 0.204 e. The zero-order valence-corrected chi connectivity index (χ0v) is 12.1. The van der Waals surface area contributed by atoms with Crippen LogP contribution in [-0.4, -0.2) is 29.6 Å². The molecule has 108 valence electrons. The van der Waals surface area contributed by atoms with Gasteiger partial charge >= 0.3 is 0 Å². The summed E-state index contributed by atoms with van der Waals surface area (Å²) in [4.78, 5) is 6.19. The van der Waals surface area contributed by atoms with Crippen LogP contribution < -0.4 is 0 Å². The number of imidazole rings is 1. The summed E-state index contributed by atoms with van der Waals surface area (Å²) in [7, 11) is 0. The summed E-state index contributed by atoms with van der Waals surface area (Å²) in [5.74, 6) is 0.626. The van der Waals surface area contributed by atoms with Gasteiger partial charge in [-0.3, -0.25) is 0 Å². The van der Waals surface area contributed by atoms with Crippen LogP contribution in [0.5, 0.6) is 0 Å². The Balaban J connectivity index is 1.63. The number of pyridine rings is 1. The van der Waals surface area contributed by atoms with Crippen LogP contribution in [0.1, 0.15) is 11.3 Å². The fourth-order valence-corrected chi connectivity index (χ4v) is 2.44. The van der Waals surface area contributed by atoms with Crippen LogP contribution >= 0.6 is 0 Å². The molecule has 22 heavy (non-hydrogen) atoms. The normalized spacial score (nSPS) is 11.1. The molecule has 0 unspecified atom stereocenters. The number of tetrazole rings is 1. The lowest BCUT2D eigenvalue weighted by molar-refractivity contribution is 0.566. The number of benzene rings is 1. The predicted molar refractivity (Wildman–Crippen MR) is 82.3 cm³/mol. The van der Waals surface area contributed by atoms with Crippen molar-refractivity contribution in [2.24, 2.45) is 0 Å². The van der Waals surface area contributed by atoms with E-state index in [9.17, 15) is 0 Å². The average molecular weight is 290 g/mol. The molecule has 4 aromatic rings. The van der Waals surface area contributed by atoms with Gasteiger partial charge in [0.15, 0.2) is 0 Å². The standard InChI is InChI=1S/C16H14N6/c1-12-6-5-9-21-10-14(17-16(12)21)11-22-19-15(18-20-22)13-7-3-2-4-8-13/h2-10H,11H2,1H3. The Morgan fingerprint density at radius 2 is 1.91 bits per heavy atom. The van der Waals surface area contributed by atoms with Gasteiger partial charge in [-0.1, -0.05) is 36.4 Å². The second kappa shape index (κ2) is 5.07. The lowest BCUT2D eigenvalue weighted by Gasteiger charge is -1.94. The topological polar surface area (TPSA) is 60.9 Å². The van der Waals surface area contributed by atoms with Crippen molar-refractivity contribution in [2.45, 2.75) is 13.5 Å². The highest BCUT2D eigenvalue weighted by Gasteiger charge is 2.08. The highest BCUT2D eigenvalue weighted by Crippen LogP contribution is 2.13. The Hall–Kier alpha value is -3.02. The summed E-state index contributed by atoms with van der Waals surface area (Å²) in [6.45, 7) is 2.55. The van der Waals surface area contributed by atoms with E-state index < -0.39 is 0 Å². The van der Waals surface area contributed by atoms with Gasteiger partial charge in [0.05, 0.1) is 5.69 Å². The van der Waals surface area contributed by atoms with Gasteiger partial charge in [0.25, 0.3) is 0 Å². The van der Waals surface area contributed by atoms with Crippen molar-refractivity contribution in [2.75, 3.05) is 0 Å². The Bertz CT molecular complexity index is 922. The maximum atomic E-state index is 4.62. The number of aromatic nitrogens is 6. The Kier molecular flexibility index (Phi) is 2.93. The van der Waals surface area contributed by atoms with Crippen molar-refractivity contribution in [3.05, 3.63) is 66.1 Å². The highest BCUT2D eigenvalue weighted by molar-refractivity contribution is 5.53. The molecule has 6 heteroatoms. The van der Waals surface area contributed by atoms with Gasteiger partial charge in [-0.2, -0.15) is 4.80 Å². The van der Waals surface area contributed by atoms with E-state index in [1.165, 1.54) is 0 Å². The molecule has 0 radical (unpaired) electrons. The van der Waals surface area contributed by atoms with Crippen molar-refractivity contribution < 1.29 is 0 Å². The molecular formula is C16H14N6. The third-order valence-corrected chi connectivity index (χ3v) is 3.52. The summed E-state index contributed by atoms with van der Waals surface area (Å²) < 4.78 is 2.01. The van der Waals surface area contributed by atoms with Crippen LogP contribution in [0, 0.1) is 6.92 Å². The van der Waals surface area contributed by atoms with E-state index >= 15 is 0 Å². The second-order valence-electron chi connectivity index (χ2n) is 5.16. The van der Waals surface area contributed by atoms with Gasteiger partial charge in [0.1, 0.15) is 12.2 Å². The molecule has 1 aromatic carbocycles. The summed E-state index contributed by atoms with van der Waals surface area (Å²) in [6.07, 6.45) is 3.98. The molecule has 0 atom stereocenters. The van der Waals surface area contributed by atoms with Gasteiger partial charge in [0.2, 0.25) is 5.82 Å². The molecule has 0 saturated heterocycles. The Labute approximate surface area is 127 Å². The predicted octanol–water partition coefficient (Wildman–Crippen LogP) is 2.34. The molecule has 3 heterocycles. The lowest BCUT2D eigenvalue weighted by Crippen LogP contribution is -2.04. The van der Waals surface area contributed by atoms with E-state index in [-0.39, 0.29) is 0 Å². The molecule has 3 aromatic heterocycles. The maximum absolute atomic E-state index is 4.62. The Morgan fingerprint density at radius 3 is 2.73 bits per heavy atom. The summed E-state index contributed by atoms with van der Waals surface area (Å²) in [6, 6.07) is 13.9. The minimum absolute atomic E-state index is 0.501. The number of rotatable bonds is 3. The van der Waals surface area contributed by atoms with Crippen LogP contribution in [0.15, 0.2) is 54.9 Å². The zero-order valence-electron chi connectivity index (χ0n) is 12.1. The van der Waals surface area contributed by atoms with E-state index in [1.807, 2.05) is 66.2 Å². The number of hydrogen-bond acceptors (Lipinski definition) is 4. The van der Waals surface area contributed by atoms with Gasteiger partial charge in [-0.05, 0) is 23.8 Å². The van der Waals surface area contributed by atoms with Gasteiger partial charge in [0, 0.05) is 18.0 Å². The van der Waals surface area contributed by atoms with Gasteiger partial charge in [-0.15, -0.1) is 10.2 Å². The molecule has 0 amide bonds. The Morgan fingerprint density at radius 1 is 1.05 bits per heavy atom. The van der Waals surface area contributed by atoms with Crippen molar-refractivity contribution in [1.82, 2.24) is 29.6 Å². The molecule has 0 fully saturated rings. The van der Waals surface area contributed by atoms with E-state index in [4.69, 9.17) is 0 Å². The van der Waals surface area contributed by atoms with Crippen molar-refractivity contribution in [1.29, 1.82) is 0 Å². The first-order valence-electron chi connectivity index (χ1n) is 7.06. The third kappa shape index (κ3) is 2.24. The minimum atomic E-state index is 0.501. The molecule has 6 nitrogen and oxygen atoms in total. The minimum Gasteiger partial charge on any atom is -0.307 e. The average Bonchev–Trinajstić information content (AvgIpc) is 3.16. The molecule has 0 aliphatic carbocycles. The molecular weight excluding hydrogens is 276 g/mol. The largest absolute Gasteiger partial charge is 0.307 e. The van der Waals surface area contributed by atoms with Crippen molar-refractivity contribution in [3.8, 4) is 11.4 Å². The number of fused-ring (bicyclic) bond motifs is 1. The van der Waals surface area contributed by atoms with Crippen LogP contribution in [-0.2, 0) is 6.54 Å². The number of hydrogen-bond donors (Lipinski definition) is 0. The van der Waals surface area contributed by atoms with Crippen LogP contribution in [0.4, 0.5) is 0 Å². The van der Waals surface area contributed by atoms with Crippen molar-refractivity contribution >= 4 is 5.65 Å². The van der Waals surface area contributed by atoms with Crippen molar-refractivity contribution in [3.63, 3.8) is 0 Å². The lowest BCUT2D eigenvalue weighted by atomic mass is 10.2. The quantitative estimate of drug-likeness (QED) is 0.581. The first-order valence-corrected chi connectivity index (χ1v) is 7.06. The highest BCUT2D eigenvalue weighted by atomic mass is 15.6. The number of nitrogens with zero attached hydrogens (tertiary/aromatic N) is 6. The summed E-state index contributed by atoms with van der Waals surface area (Å²) >= 11 is 0. The third-order valence-electron chi connectivity index (χ3n) is 3.52. The first kappa shape index (κ1) is 12.7. The van der Waals surface area contributed by atoms with E-state index in [1.54, 1.807) is 4.80 Å². The molecule has 0 spiro atoms. The summed E-state index contributed by atoms with van der Waals surface area (Å²) in [5.41, 5.74) is 3.97.